The fourth-order valence-corrected chi connectivity index (χ4v) is 2.36. The van der Waals surface area contributed by atoms with E-state index in [4.69, 9.17) is 21.1 Å². The van der Waals surface area contributed by atoms with Crippen LogP contribution < -0.4 is 10.1 Å². The van der Waals surface area contributed by atoms with Gasteiger partial charge in [-0.2, -0.15) is 5.10 Å². The third-order valence-corrected chi connectivity index (χ3v) is 3.69. The lowest BCUT2D eigenvalue weighted by molar-refractivity contribution is -0.122. The highest BCUT2D eigenvalue weighted by Crippen LogP contribution is 2.21. The van der Waals surface area contributed by atoms with Gasteiger partial charge in [0.25, 0.3) is 5.91 Å². The van der Waals surface area contributed by atoms with Crippen LogP contribution in [-0.4, -0.2) is 34.4 Å². The van der Waals surface area contributed by atoms with E-state index in [9.17, 15) is 9.59 Å². The average Bonchev–Trinajstić information content (AvgIpc) is 2.83. The molecule has 1 N–H and O–H groups in total. The van der Waals surface area contributed by atoms with E-state index >= 15 is 0 Å². The number of ether oxygens (including phenoxy) is 2. The van der Waals surface area contributed by atoms with Crippen LogP contribution in [0, 0.1) is 6.92 Å². The molecule has 1 aromatic carbocycles. The van der Waals surface area contributed by atoms with Crippen molar-refractivity contribution in [2.45, 2.75) is 26.9 Å². The Morgan fingerprint density at radius 1 is 1.32 bits per heavy atom. The summed E-state index contributed by atoms with van der Waals surface area (Å²) in [5, 5.41) is 7.42. The molecule has 0 bridgehead atoms. The van der Waals surface area contributed by atoms with Crippen LogP contribution in [0.3, 0.4) is 0 Å². The molecule has 0 aliphatic carbocycles. The van der Waals surface area contributed by atoms with E-state index in [1.807, 2.05) is 0 Å². The van der Waals surface area contributed by atoms with Crippen LogP contribution in [0.5, 0.6) is 5.75 Å². The summed E-state index contributed by atoms with van der Waals surface area (Å²) in [6.45, 7) is 5.23. The Morgan fingerprint density at radius 3 is 2.56 bits per heavy atom. The Morgan fingerprint density at radius 2 is 1.96 bits per heavy atom. The molecule has 134 valence electrons. The molecule has 8 heteroatoms. The molecule has 1 unspecified atom stereocenters. The van der Waals surface area contributed by atoms with Crippen molar-refractivity contribution in [2.24, 2.45) is 7.05 Å². The fraction of sp³-hybridized carbons (Fsp3) is 0.353. The van der Waals surface area contributed by atoms with Crippen molar-refractivity contribution in [1.29, 1.82) is 0 Å². The van der Waals surface area contributed by atoms with Gasteiger partial charge in [-0.05, 0) is 45.0 Å². The highest BCUT2D eigenvalue weighted by molar-refractivity contribution is 6.30. The van der Waals surface area contributed by atoms with Crippen molar-refractivity contribution in [3.8, 4) is 5.75 Å². The van der Waals surface area contributed by atoms with E-state index in [0.717, 1.165) is 0 Å². The van der Waals surface area contributed by atoms with Crippen molar-refractivity contribution in [3.63, 3.8) is 0 Å². The van der Waals surface area contributed by atoms with Crippen LogP contribution in [0.4, 0.5) is 5.82 Å². The number of hydrogen-bond donors (Lipinski definition) is 1. The first-order chi connectivity index (χ1) is 11.8. The van der Waals surface area contributed by atoms with E-state index in [1.165, 1.54) is 4.68 Å². The number of esters is 1. The molecule has 1 atom stereocenters. The molecule has 1 aromatic heterocycles. The van der Waals surface area contributed by atoms with E-state index in [1.54, 1.807) is 52.1 Å². The second-order valence-electron chi connectivity index (χ2n) is 5.36. The summed E-state index contributed by atoms with van der Waals surface area (Å²) in [6, 6.07) is 6.68. The molecular weight excluding hydrogens is 346 g/mol. The predicted octanol–water partition coefficient (Wildman–Crippen LogP) is 2.96. The molecule has 1 amide bonds. The standard InChI is InChI=1S/C17H20ClN3O4/c1-5-24-17(23)14-10(2)20-21(4)15(14)19-16(22)11(3)25-13-8-6-12(18)7-9-13/h6-9,11H,5H2,1-4H3,(H,19,22). The second kappa shape index (κ2) is 8.02. The lowest BCUT2D eigenvalue weighted by Gasteiger charge is -2.15. The van der Waals surface area contributed by atoms with E-state index in [0.29, 0.717) is 16.5 Å². The van der Waals surface area contributed by atoms with Gasteiger partial charge in [-0.1, -0.05) is 11.6 Å². The Labute approximate surface area is 150 Å². The Hall–Kier alpha value is -2.54. The maximum absolute atomic E-state index is 12.4. The Kier molecular flexibility index (Phi) is 6.03. The topological polar surface area (TPSA) is 82.5 Å². The summed E-state index contributed by atoms with van der Waals surface area (Å²) < 4.78 is 12.0. The zero-order valence-electron chi connectivity index (χ0n) is 14.5. The molecule has 25 heavy (non-hydrogen) atoms. The van der Waals surface area contributed by atoms with Gasteiger partial charge >= 0.3 is 5.97 Å². The smallest absolute Gasteiger partial charge is 0.343 e. The van der Waals surface area contributed by atoms with Crippen LogP contribution in [0.1, 0.15) is 29.9 Å². The summed E-state index contributed by atoms with van der Waals surface area (Å²) in [5.41, 5.74) is 0.707. The normalized spacial score (nSPS) is 11.7. The molecule has 2 rings (SSSR count). The zero-order chi connectivity index (χ0) is 18.6. The zero-order valence-corrected chi connectivity index (χ0v) is 15.3. The van der Waals surface area contributed by atoms with E-state index in [-0.39, 0.29) is 18.0 Å². The maximum atomic E-state index is 12.4. The lowest BCUT2D eigenvalue weighted by Crippen LogP contribution is -2.31. The lowest BCUT2D eigenvalue weighted by atomic mass is 10.2. The maximum Gasteiger partial charge on any atom is 0.343 e. The molecule has 0 saturated heterocycles. The molecule has 0 radical (unpaired) electrons. The van der Waals surface area contributed by atoms with Gasteiger partial charge < -0.3 is 14.8 Å². The third kappa shape index (κ3) is 4.51. The Balaban J connectivity index is 2.14. The third-order valence-electron chi connectivity index (χ3n) is 3.44. The summed E-state index contributed by atoms with van der Waals surface area (Å²) >= 11 is 5.82. The number of anilines is 1. The van der Waals surface area contributed by atoms with Gasteiger partial charge in [0.05, 0.1) is 12.3 Å². The second-order valence-corrected chi connectivity index (χ2v) is 5.79. The number of aryl methyl sites for hydroxylation is 2. The van der Waals surface area contributed by atoms with Gasteiger partial charge in [0.2, 0.25) is 0 Å². The number of benzene rings is 1. The molecule has 0 spiro atoms. The molecule has 0 aliphatic rings. The highest BCUT2D eigenvalue weighted by Gasteiger charge is 2.25. The van der Waals surface area contributed by atoms with Crippen molar-refractivity contribution in [2.75, 3.05) is 11.9 Å². The number of carbonyl (C=O) groups is 2. The van der Waals surface area contributed by atoms with Crippen LogP contribution in [0.25, 0.3) is 0 Å². The van der Waals surface area contributed by atoms with E-state index in [2.05, 4.69) is 10.4 Å². The minimum atomic E-state index is -0.786. The van der Waals surface area contributed by atoms with Crippen molar-refractivity contribution in [3.05, 3.63) is 40.5 Å². The molecule has 1 heterocycles. The molecular formula is C17H20ClN3O4. The van der Waals surface area contributed by atoms with Gasteiger partial charge in [-0.15, -0.1) is 0 Å². The number of halogens is 1. The number of rotatable bonds is 6. The number of nitrogens with one attached hydrogen (secondary N) is 1. The van der Waals surface area contributed by atoms with Gasteiger partial charge in [0.15, 0.2) is 6.10 Å². The first-order valence-corrected chi connectivity index (χ1v) is 8.15. The van der Waals surface area contributed by atoms with Gasteiger partial charge in [0.1, 0.15) is 17.1 Å². The minimum absolute atomic E-state index is 0.233. The van der Waals surface area contributed by atoms with Crippen LogP contribution in [0.15, 0.2) is 24.3 Å². The van der Waals surface area contributed by atoms with Gasteiger partial charge in [-0.3, -0.25) is 9.48 Å². The summed E-state index contributed by atoms with van der Waals surface area (Å²) in [5.74, 6) is -0.162. The number of amides is 1. The molecule has 2 aromatic rings. The molecule has 0 fully saturated rings. The van der Waals surface area contributed by atoms with Crippen LogP contribution >= 0.6 is 11.6 Å². The number of carbonyl (C=O) groups excluding carboxylic acids is 2. The van der Waals surface area contributed by atoms with Crippen LogP contribution in [0.2, 0.25) is 5.02 Å². The van der Waals surface area contributed by atoms with Gasteiger partial charge in [0, 0.05) is 12.1 Å². The summed E-state index contributed by atoms with van der Waals surface area (Å²) in [7, 11) is 1.63. The van der Waals surface area contributed by atoms with Gasteiger partial charge in [-0.25, -0.2) is 4.79 Å². The molecule has 0 aliphatic heterocycles. The summed E-state index contributed by atoms with van der Waals surface area (Å²) in [4.78, 5) is 24.5. The quantitative estimate of drug-likeness (QED) is 0.796. The monoisotopic (exact) mass is 365 g/mol. The van der Waals surface area contributed by atoms with Crippen LogP contribution in [-0.2, 0) is 16.6 Å². The Bertz CT molecular complexity index is 771. The fourth-order valence-electron chi connectivity index (χ4n) is 2.24. The summed E-state index contributed by atoms with van der Waals surface area (Å²) in [6.07, 6.45) is -0.786. The SMILES string of the molecule is CCOC(=O)c1c(C)nn(C)c1NC(=O)C(C)Oc1ccc(Cl)cc1. The molecule has 7 nitrogen and oxygen atoms in total. The first kappa shape index (κ1) is 18.8. The van der Waals surface area contributed by atoms with E-state index < -0.39 is 18.0 Å². The largest absolute Gasteiger partial charge is 0.481 e. The minimum Gasteiger partial charge on any atom is -0.481 e. The number of aromatic nitrogens is 2. The average molecular weight is 366 g/mol. The first-order valence-electron chi connectivity index (χ1n) is 7.77. The number of nitrogens with zero attached hydrogens (tertiary/aromatic N) is 2. The predicted molar refractivity (Wildman–Crippen MR) is 94.1 cm³/mol. The number of hydrogen-bond acceptors (Lipinski definition) is 5. The molecule has 0 saturated carbocycles. The van der Waals surface area contributed by atoms with Crippen molar-refractivity contribution >= 4 is 29.3 Å². The van der Waals surface area contributed by atoms with Crippen molar-refractivity contribution in [1.82, 2.24) is 9.78 Å². The highest BCUT2D eigenvalue weighted by atomic mass is 35.5. The van der Waals surface area contributed by atoms with Crippen molar-refractivity contribution < 1.29 is 19.1 Å².